The highest BCUT2D eigenvalue weighted by atomic mass is 14.9. The van der Waals surface area contributed by atoms with Crippen LogP contribution >= 0.6 is 0 Å². The molecular weight excluding hydrogens is 198 g/mol. The van der Waals surface area contributed by atoms with Gasteiger partial charge in [0.05, 0.1) is 11.2 Å². The molecule has 0 saturated carbocycles. The van der Waals surface area contributed by atoms with Crippen LogP contribution in [0, 0.1) is 0 Å². The van der Waals surface area contributed by atoms with E-state index in [0.29, 0.717) is 6.04 Å². The van der Waals surface area contributed by atoms with Gasteiger partial charge in [0.2, 0.25) is 0 Å². The van der Waals surface area contributed by atoms with E-state index in [1.54, 1.807) is 6.20 Å². The predicted octanol–water partition coefficient (Wildman–Crippen LogP) is 3.03. The molecule has 84 valence electrons. The minimum atomic E-state index is 0.451. The van der Waals surface area contributed by atoms with Crippen LogP contribution in [0.25, 0.3) is 10.9 Å². The van der Waals surface area contributed by atoms with Gasteiger partial charge in [-0.1, -0.05) is 6.92 Å². The van der Waals surface area contributed by atoms with Gasteiger partial charge in [-0.05, 0) is 37.6 Å². The number of nitrogens with zero attached hydrogens (tertiary/aromatic N) is 1. The van der Waals surface area contributed by atoms with Crippen molar-refractivity contribution in [2.24, 2.45) is 0 Å². The molecule has 0 aliphatic rings. The van der Waals surface area contributed by atoms with Crippen LogP contribution in [-0.2, 0) is 0 Å². The van der Waals surface area contributed by atoms with E-state index < -0.39 is 0 Å². The first-order chi connectivity index (χ1) is 7.72. The number of anilines is 2. The van der Waals surface area contributed by atoms with Crippen LogP contribution in [0.4, 0.5) is 11.4 Å². The Labute approximate surface area is 95.7 Å². The van der Waals surface area contributed by atoms with Gasteiger partial charge in [-0.3, -0.25) is 4.98 Å². The molecule has 0 saturated heterocycles. The van der Waals surface area contributed by atoms with Crippen molar-refractivity contribution in [3.63, 3.8) is 0 Å². The number of aromatic nitrogens is 1. The quantitative estimate of drug-likeness (QED) is 0.774. The van der Waals surface area contributed by atoms with Gasteiger partial charge in [0.1, 0.15) is 0 Å². The van der Waals surface area contributed by atoms with Crippen molar-refractivity contribution >= 4 is 22.3 Å². The first-order valence-electron chi connectivity index (χ1n) is 5.62. The number of nitrogens with one attached hydrogen (secondary N) is 1. The zero-order valence-electron chi connectivity index (χ0n) is 9.70. The Morgan fingerprint density at radius 3 is 2.94 bits per heavy atom. The van der Waals surface area contributed by atoms with Crippen LogP contribution in [0.3, 0.4) is 0 Å². The second kappa shape index (κ2) is 4.39. The molecular formula is C13H17N3. The summed E-state index contributed by atoms with van der Waals surface area (Å²) in [5.41, 5.74) is 8.60. The van der Waals surface area contributed by atoms with Crippen molar-refractivity contribution in [1.29, 1.82) is 0 Å². The van der Waals surface area contributed by atoms with Crippen LogP contribution < -0.4 is 11.1 Å². The van der Waals surface area contributed by atoms with Gasteiger partial charge in [-0.2, -0.15) is 0 Å². The number of hydrogen-bond donors (Lipinski definition) is 2. The number of rotatable bonds is 3. The Morgan fingerprint density at radius 1 is 1.38 bits per heavy atom. The van der Waals surface area contributed by atoms with Crippen molar-refractivity contribution < 1.29 is 0 Å². The van der Waals surface area contributed by atoms with Crippen molar-refractivity contribution in [2.75, 3.05) is 11.1 Å². The fourth-order valence-electron chi connectivity index (χ4n) is 1.69. The average Bonchev–Trinajstić information content (AvgIpc) is 2.33. The predicted molar refractivity (Wildman–Crippen MR) is 69.5 cm³/mol. The first kappa shape index (κ1) is 10.7. The summed E-state index contributed by atoms with van der Waals surface area (Å²) in [6, 6.07) is 8.35. The van der Waals surface area contributed by atoms with Crippen LogP contribution in [0.15, 0.2) is 30.5 Å². The van der Waals surface area contributed by atoms with Crippen LogP contribution in [0.2, 0.25) is 0 Å². The minimum absolute atomic E-state index is 0.451. The van der Waals surface area contributed by atoms with Crippen molar-refractivity contribution in [3.05, 3.63) is 30.5 Å². The summed E-state index contributed by atoms with van der Waals surface area (Å²) in [5.74, 6) is 0. The second-order valence-corrected chi connectivity index (χ2v) is 4.06. The van der Waals surface area contributed by atoms with E-state index in [2.05, 4.69) is 24.1 Å². The number of hydrogen-bond acceptors (Lipinski definition) is 3. The normalized spacial score (nSPS) is 12.6. The second-order valence-electron chi connectivity index (χ2n) is 4.06. The molecule has 16 heavy (non-hydrogen) atoms. The molecule has 2 aromatic rings. The lowest BCUT2D eigenvalue weighted by Crippen LogP contribution is -2.13. The van der Waals surface area contributed by atoms with Gasteiger partial charge in [0.25, 0.3) is 0 Å². The van der Waals surface area contributed by atoms with Crippen molar-refractivity contribution in [3.8, 4) is 0 Å². The number of nitrogen functional groups attached to an aromatic ring is 1. The summed E-state index contributed by atoms with van der Waals surface area (Å²) in [5, 5.41) is 4.55. The largest absolute Gasteiger partial charge is 0.397 e. The van der Waals surface area contributed by atoms with Crippen molar-refractivity contribution in [1.82, 2.24) is 4.98 Å². The lowest BCUT2D eigenvalue weighted by Gasteiger charge is -2.15. The molecule has 0 amide bonds. The lowest BCUT2D eigenvalue weighted by molar-refractivity contribution is 0.765. The molecule has 0 aliphatic carbocycles. The molecule has 1 heterocycles. The van der Waals surface area contributed by atoms with E-state index in [1.165, 1.54) is 0 Å². The van der Waals surface area contributed by atoms with E-state index in [0.717, 1.165) is 28.7 Å². The van der Waals surface area contributed by atoms with Crippen molar-refractivity contribution in [2.45, 2.75) is 26.3 Å². The average molecular weight is 215 g/mol. The summed E-state index contributed by atoms with van der Waals surface area (Å²) >= 11 is 0. The van der Waals surface area contributed by atoms with E-state index in [-0.39, 0.29) is 0 Å². The standard InChI is InChI=1S/C13H17N3/c1-3-9(2)16-12-7-6-11(14)13-10(12)5-4-8-15-13/h4-9,16H,3,14H2,1-2H3. The highest BCUT2D eigenvalue weighted by Gasteiger charge is 2.06. The molecule has 1 unspecified atom stereocenters. The van der Waals surface area contributed by atoms with Gasteiger partial charge in [-0.15, -0.1) is 0 Å². The van der Waals surface area contributed by atoms with Gasteiger partial charge in [0.15, 0.2) is 0 Å². The number of nitrogens with two attached hydrogens (primary N) is 1. The first-order valence-corrected chi connectivity index (χ1v) is 5.62. The summed E-state index contributed by atoms with van der Waals surface area (Å²) in [7, 11) is 0. The van der Waals surface area contributed by atoms with Gasteiger partial charge >= 0.3 is 0 Å². The highest BCUT2D eigenvalue weighted by Crippen LogP contribution is 2.26. The molecule has 1 atom stereocenters. The molecule has 0 fully saturated rings. The molecule has 0 radical (unpaired) electrons. The Bertz CT molecular complexity index is 494. The Hall–Kier alpha value is -1.77. The maximum Gasteiger partial charge on any atom is 0.0951 e. The zero-order valence-corrected chi connectivity index (χ0v) is 9.70. The smallest absolute Gasteiger partial charge is 0.0951 e. The van der Waals surface area contributed by atoms with Gasteiger partial charge in [-0.25, -0.2) is 0 Å². The van der Waals surface area contributed by atoms with E-state index >= 15 is 0 Å². The number of pyridine rings is 1. The van der Waals surface area contributed by atoms with E-state index in [4.69, 9.17) is 5.73 Å². The summed E-state index contributed by atoms with van der Waals surface area (Å²) in [4.78, 5) is 4.31. The summed E-state index contributed by atoms with van der Waals surface area (Å²) in [6.45, 7) is 4.33. The molecule has 0 aliphatic heterocycles. The summed E-state index contributed by atoms with van der Waals surface area (Å²) < 4.78 is 0. The zero-order chi connectivity index (χ0) is 11.5. The number of fused-ring (bicyclic) bond motifs is 1. The third-order valence-electron chi connectivity index (χ3n) is 2.82. The third-order valence-corrected chi connectivity index (χ3v) is 2.82. The van der Waals surface area contributed by atoms with Gasteiger partial charge in [0, 0.05) is 23.3 Å². The maximum absolute atomic E-state index is 5.90. The topological polar surface area (TPSA) is 50.9 Å². The molecule has 0 bridgehead atoms. The molecule has 0 spiro atoms. The fraction of sp³-hybridized carbons (Fsp3) is 0.308. The molecule has 3 N–H and O–H groups in total. The molecule has 3 heteroatoms. The Kier molecular flexibility index (Phi) is 2.95. The molecule has 3 nitrogen and oxygen atoms in total. The third kappa shape index (κ3) is 1.94. The maximum atomic E-state index is 5.90. The van der Waals surface area contributed by atoms with Gasteiger partial charge < -0.3 is 11.1 Å². The van der Waals surface area contributed by atoms with E-state index in [1.807, 2.05) is 24.3 Å². The molecule has 1 aromatic carbocycles. The Morgan fingerprint density at radius 2 is 2.19 bits per heavy atom. The van der Waals surface area contributed by atoms with Crippen LogP contribution in [0.1, 0.15) is 20.3 Å². The van der Waals surface area contributed by atoms with Crippen LogP contribution in [0.5, 0.6) is 0 Å². The van der Waals surface area contributed by atoms with Crippen LogP contribution in [-0.4, -0.2) is 11.0 Å². The molecule has 2 rings (SSSR count). The van der Waals surface area contributed by atoms with E-state index in [9.17, 15) is 0 Å². The lowest BCUT2D eigenvalue weighted by atomic mass is 10.1. The fourth-order valence-corrected chi connectivity index (χ4v) is 1.69. The minimum Gasteiger partial charge on any atom is -0.397 e. The number of benzene rings is 1. The highest BCUT2D eigenvalue weighted by molar-refractivity contribution is 5.98. The Balaban J connectivity index is 2.50. The molecule has 1 aromatic heterocycles. The monoisotopic (exact) mass is 215 g/mol. The SMILES string of the molecule is CCC(C)Nc1ccc(N)c2ncccc12. The summed E-state index contributed by atoms with van der Waals surface area (Å²) in [6.07, 6.45) is 2.86.